The van der Waals surface area contributed by atoms with E-state index in [0.717, 1.165) is 0 Å². The molecular weight excluding hydrogens is 376 g/mol. The van der Waals surface area contributed by atoms with E-state index in [1.807, 2.05) is 20.8 Å². The van der Waals surface area contributed by atoms with Gasteiger partial charge in [-0.25, -0.2) is 4.83 Å². The van der Waals surface area contributed by atoms with Crippen LogP contribution in [-0.2, 0) is 10.0 Å². The fraction of sp³-hybridized carbons (Fsp3) is 0.278. The summed E-state index contributed by atoms with van der Waals surface area (Å²) in [6, 6.07) is 11.1. The molecule has 0 radical (unpaired) electrons. The molecule has 0 saturated heterocycles. The van der Waals surface area contributed by atoms with Gasteiger partial charge in [0.2, 0.25) is 0 Å². The minimum atomic E-state index is -3.75. The Hall–Kier alpha value is -2.25. The van der Waals surface area contributed by atoms with Crippen LogP contribution in [0.1, 0.15) is 26.3 Å². The molecule has 0 fully saturated rings. The third kappa shape index (κ3) is 5.64. The van der Waals surface area contributed by atoms with Gasteiger partial charge in [0, 0.05) is 5.02 Å². The summed E-state index contributed by atoms with van der Waals surface area (Å²) in [6.07, 6.45) is 1.41. The topological polar surface area (TPSA) is 77.0 Å². The summed E-state index contributed by atoms with van der Waals surface area (Å²) < 4.78 is 35.6. The molecule has 0 amide bonds. The minimum Gasteiger partial charge on any atom is -0.490 e. The Bertz CT molecular complexity index is 865. The lowest BCUT2D eigenvalue weighted by Gasteiger charge is -2.14. The van der Waals surface area contributed by atoms with Crippen molar-refractivity contribution in [1.29, 1.82) is 0 Å². The van der Waals surface area contributed by atoms with Gasteiger partial charge in [-0.3, -0.25) is 0 Å². The molecule has 0 aliphatic carbocycles. The van der Waals surface area contributed by atoms with Gasteiger partial charge in [0.25, 0.3) is 10.0 Å². The molecule has 0 spiro atoms. The number of halogens is 1. The van der Waals surface area contributed by atoms with Crippen molar-refractivity contribution in [2.45, 2.75) is 31.8 Å². The Kier molecular flexibility index (Phi) is 6.88. The van der Waals surface area contributed by atoms with Gasteiger partial charge in [-0.2, -0.15) is 13.5 Å². The molecule has 0 aliphatic heterocycles. The highest BCUT2D eigenvalue weighted by molar-refractivity contribution is 7.89. The van der Waals surface area contributed by atoms with Crippen molar-refractivity contribution in [1.82, 2.24) is 4.83 Å². The fourth-order valence-electron chi connectivity index (χ4n) is 2.06. The fourth-order valence-corrected chi connectivity index (χ4v) is 2.98. The number of hydrogen-bond donors (Lipinski definition) is 1. The number of rotatable bonds is 8. The molecule has 8 heteroatoms. The second-order valence-electron chi connectivity index (χ2n) is 5.61. The molecule has 2 aromatic rings. The summed E-state index contributed by atoms with van der Waals surface area (Å²) in [5.41, 5.74) is 0.670. The van der Waals surface area contributed by atoms with Crippen molar-refractivity contribution in [3.63, 3.8) is 0 Å². The number of nitrogens with zero attached hydrogens (tertiary/aromatic N) is 1. The van der Waals surface area contributed by atoms with Gasteiger partial charge in [-0.1, -0.05) is 11.6 Å². The van der Waals surface area contributed by atoms with Crippen LogP contribution in [-0.4, -0.2) is 27.3 Å². The van der Waals surface area contributed by atoms with Crippen molar-refractivity contribution in [3.05, 3.63) is 53.1 Å². The molecule has 0 heterocycles. The van der Waals surface area contributed by atoms with Crippen molar-refractivity contribution in [3.8, 4) is 11.5 Å². The van der Waals surface area contributed by atoms with Gasteiger partial charge in [0.1, 0.15) is 0 Å². The zero-order valence-corrected chi connectivity index (χ0v) is 16.3. The van der Waals surface area contributed by atoms with Gasteiger partial charge >= 0.3 is 0 Å². The Labute approximate surface area is 158 Å². The molecule has 26 heavy (non-hydrogen) atoms. The van der Waals surface area contributed by atoms with Crippen LogP contribution >= 0.6 is 11.6 Å². The highest BCUT2D eigenvalue weighted by atomic mass is 35.5. The third-order valence-electron chi connectivity index (χ3n) is 3.14. The summed E-state index contributed by atoms with van der Waals surface area (Å²) in [5, 5.41) is 4.27. The average molecular weight is 397 g/mol. The smallest absolute Gasteiger partial charge is 0.276 e. The van der Waals surface area contributed by atoms with Crippen LogP contribution in [0.4, 0.5) is 0 Å². The predicted molar refractivity (Wildman–Crippen MR) is 103 cm³/mol. The Morgan fingerprint density at radius 1 is 1.15 bits per heavy atom. The van der Waals surface area contributed by atoms with Gasteiger partial charge in [0.15, 0.2) is 11.5 Å². The molecule has 0 atom stereocenters. The molecule has 0 aromatic heterocycles. The molecule has 140 valence electrons. The quantitative estimate of drug-likeness (QED) is 0.543. The monoisotopic (exact) mass is 396 g/mol. The molecule has 2 rings (SSSR count). The first-order chi connectivity index (χ1) is 12.3. The van der Waals surface area contributed by atoms with Crippen molar-refractivity contribution in [2.24, 2.45) is 5.10 Å². The second kappa shape index (κ2) is 8.91. The number of hydrazone groups is 1. The molecule has 0 aliphatic rings. The number of hydrogen-bond acceptors (Lipinski definition) is 5. The van der Waals surface area contributed by atoms with Gasteiger partial charge in [-0.15, -0.1) is 0 Å². The van der Waals surface area contributed by atoms with E-state index in [4.69, 9.17) is 21.1 Å². The van der Waals surface area contributed by atoms with Crippen molar-refractivity contribution < 1.29 is 17.9 Å². The van der Waals surface area contributed by atoms with E-state index in [1.165, 1.54) is 30.5 Å². The molecule has 6 nitrogen and oxygen atoms in total. The van der Waals surface area contributed by atoms with E-state index >= 15 is 0 Å². The van der Waals surface area contributed by atoms with E-state index in [-0.39, 0.29) is 11.0 Å². The predicted octanol–water partition coefficient (Wildman–Crippen LogP) is 3.84. The normalized spacial score (nSPS) is 11.7. The zero-order valence-electron chi connectivity index (χ0n) is 14.8. The van der Waals surface area contributed by atoms with Gasteiger partial charge in [0.05, 0.1) is 23.8 Å². The van der Waals surface area contributed by atoms with E-state index < -0.39 is 10.0 Å². The SMILES string of the molecule is CCOc1cc(/C=N/NS(=O)(=O)c2ccc(Cl)cc2)ccc1OC(C)C. The van der Waals surface area contributed by atoms with Crippen LogP contribution in [0.5, 0.6) is 11.5 Å². The zero-order chi connectivity index (χ0) is 19.2. The Morgan fingerprint density at radius 3 is 2.46 bits per heavy atom. The standard InChI is InChI=1S/C18H21ClN2O4S/c1-4-24-18-11-14(5-10-17(18)25-13(2)3)12-20-21-26(22,23)16-8-6-15(19)7-9-16/h5-13,21H,4H2,1-3H3/b20-12+. The van der Waals surface area contributed by atoms with Crippen LogP contribution in [0, 0.1) is 0 Å². The number of benzene rings is 2. The molecule has 0 saturated carbocycles. The molecule has 0 unspecified atom stereocenters. The highest BCUT2D eigenvalue weighted by Crippen LogP contribution is 2.29. The summed E-state index contributed by atoms with van der Waals surface area (Å²) in [4.78, 5) is 2.25. The number of sulfonamides is 1. The molecule has 2 aromatic carbocycles. The van der Waals surface area contributed by atoms with Crippen molar-refractivity contribution in [2.75, 3.05) is 6.61 Å². The van der Waals surface area contributed by atoms with Gasteiger partial charge < -0.3 is 9.47 Å². The van der Waals surface area contributed by atoms with Crippen LogP contribution in [0.15, 0.2) is 52.5 Å². The first kappa shape index (κ1) is 20.1. The van der Waals surface area contributed by atoms with Crippen LogP contribution in [0.25, 0.3) is 0 Å². The van der Waals surface area contributed by atoms with Crippen molar-refractivity contribution >= 4 is 27.8 Å². The number of ether oxygens (including phenoxy) is 2. The molecular formula is C18H21ClN2O4S. The van der Waals surface area contributed by atoms with E-state index in [9.17, 15) is 8.42 Å². The summed E-state index contributed by atoms with van der Waals surface area (Å²) in [5.74, 6) is 1.20. The maximum atomic E-state index is 12.2. The Morgan fingerprint density at radius 2 is 1.85 bits per heavy atom. The Balaban J connectivity index is 2.14. The molecule has 1 N–H and O–H groups in total. The van der Waals surface area contributed by atoms with Gasteiger partial charge in [-0.05, 0) is 68.8 Å². The van der Waals surface area contributed by atoms with E-state index in [0.29, 0.717) is 28.7 Å². The molecule has 0 bridgehead atoms. The van der Waals surface area contributed by atoms with Crippen LogP contribution in [0.3, 0.4) is 0 Å². The lowest BCUT2D eigenvalue weighted by atomic mass is 10.2. The minimum absolute atomic E-state index is 0.0138. The highest BCUT2D eigenvalue weighted by Gasteiger charge is 2.12. The van der Waals surface area contributed by atoms with E-state index in [2.05, 4.69) is 9.93 Å². The first-order valence-corrected chi connectivity index (χ1v) is 9.92. The maximum Gasteiger partial charge on any atom is 0.276 e. The largest absolute Gasteiger partial charge is 0.490 e. The van der Waals surface area contributed by atoms with E-state index in [1.54, 1.807) is 18.2 Å². The third-order valence-corrected chi connectivity index (χ3v) is 4.63. The number of nitrogens with one attached hydrogen (secondary N) is 1. The maximum absolute atomic E-state index is 12.2. The summed E-state index contributed by atoms with van der Waals surface area (Å²) >= 11 is 5.76. The summed E-state index contributed by atoms with van der Waals surface area (Å²) in [7, 11) is -3.75. The van der Waals surface area contributed by atoms with Crippen LogP contribution in [0.2, 0.25) is 5.02 Å². The average Bonchev–Trinajstić information content (AvgIpc) is 2.57. The summed E-state index contributed by atoms with van der Waals surface area (Å²) in [6.45, 7) is 6.21. The first-order valence-electron chi connectivity index (χ1n) is 8.05. The lowest BCUT2D eigenvalue weighted by Crippen LogP contribution is -2.18. The second-order valence-corrected chi connectivity index (χ2v) is 7.71. The lowest BCUT2D eigenvalue weighted by molar-refractivity contribution is 0.224. The van der Waals surface area contributed by atoms with Crippen LogP contribution < -0.4 is 14.3 Å².